The third-order valence-electron chi connectivity index (χ3n) is 4.08. The largest absolute Gasteiger partial charge is 0.493 e. The molecule has 1 aliphatic carbocycles. The zero-order valence-corrected chi connectivity index (χ0v) is 13.9. The molecule has 0 atom stereocenters. The molecule has 0 bridgehead atoms. The van der Waals surface area contributed by atoms with E-state index in [2.05, 4.69) is 0 Å². The van der Waals surface area contributed by atoms with Gasteiger partial charge in [-0.15, -0.1) is 0 Å². The monoisotopic (exact) mass is 313 g/mol. The molecule has 0 aromatic heterocycles. The average molecular weight is 313 g/mol. The normalized spacial score (nSPS) is 16.8. The predicted octanol–water partition coefficient (Wildman–Crippen LogP) is 2.41. The number of methoxy groups -OCH3 is 2. The minimum absolute atomic E-state index is 0.356. The molecule has 0 N–H and O–H groups in total. The van der Waals surface area contributed by atoms with Gasteiger partial charge in [0.25, 0.3) is 0 Å². The fraction of sp³-hybridized carbons (Fsp3) is 0.600. The number of sulfonamides is 1. The molecule has 0 heterocycles. The van der Waals surface area contributed by atoms with Gasteiger partial charge in [-0.2, -0.15) is 4.31 Å². The zero-order valence-electron chi connectivity index (χ0n) is 13.0. The molecule has 0 saturated heterocycles. The number of nitrogens with zero attached hydrogens (tertiary/aromatic N) is 1. The summed E-state index contributed by atoms with van der Waals surface area (Å²) in [6.07, 6.45) is 1.50. The molecule has 0 unspecified atom stereocenters. The fourth-order valence-corrected chi connectivity index (χ4v) is 4.20. The molecule has 5 nitrogen and oxygen atoms in total. The van der Waals surface area contributed by atoms with Crippen LogP contribution in [0, 0.1) is 0 Å². The van der Waals surface area contributed by atoms with E-state index in [1.54, 1.807) is 24.6 Å². The number of benzene rings is 1. The summed E-state index contributed by atoms with van der Waals surface area (Å²) in [5, 5.41) is 0. The summed E-state index contributed by atoms with van der Waals surface area (Å²) < 4.78 is 36.6. The molecule has 0 spiro atoms. The lowest BCUT2D eigenvalue weighted by atomic mass is 10.2. The summed E-state index contributed by atoms with van der Waals surface area (Å²) in [7, 11) is -0.101. The Balaban J connectivity index is 2.23. The Morgan fingerprint density at radius 1 is 1.19 bits per heavy atom. The minimum Gasteiger partial charge on any atom is -0.493 e. The Morgan fingerprint density at radius 3 is 2.29 bits per heavy atom. The van der Waals surface area contributed by atoms with Crippen molar-refractivity contribution in [3.05, 3.63) is 23.8 Å². The highest BCUT2D eigenvalue weighted by Gasteiger charge is 2.52. The van der Waals surface area contributed by atoms with E-state index in [9.17, 15) is 8.42 Å². The second-order valence-corrected chi connectivity index (χ2v) is 8.02. The lowest BCUT2D eigenvalue weighted by molar-refractivity contribution is 0.353. The van der Waals surface area contributed by atoms with Crippen LogP contribution in [0.2, 0.25) is 0 Å². The van der Waals surface area contributed by atoms with Crippen molar-refractivity contribution in [3.63, 3.8) is 0 Å². The highest BCUT2D eigenvalue weighted by atomic mass is 32.2. The van der Waals surface area contributed by atoms with Crippen LogP contribution in [-0.2, 0) is 16.6 Å². The van der Waals surface area contributed by atoms with Crippen molar-refractivity contribution in [1.29, 1.82) is 0 Å². The van der Waals surface area contributed by atoms with Crippen LogP contribution < -0.4 is 9.47 Å². The van der Waals surface area contributed by atoms with Gasteiger partial charge in [0.05, 0.1) is 19.0 Å². The maximum atomic E-state index is 12.6. The van der Waals surface area contributed by atoms with Gasteiger partial charge in [0.15, 0.2) is 11.5 Å². The summed E-state index contributed by atoms with van der Waals surface area (Å²) in [6.45, 7) is 4.50. The molecule has 1 aromatic carbocycles. The Kier molecular flexibility index (Phi) is 4.49. The van der Waals surface area contributed by atoms with Gasteiger partial charge in [0.2, 0.25) is 10.0 Å². The van der Waals surface area contributed by atoms with Crippen molar-refractivity contribution < 1.29 is 17.9 Å². The van der Waals surface area contributed by atoms with Crippen molar-refractivity contribution in [3.8, 4) is 11.5 Å². The predicted molar refractivity (Wildman–Crippen MR) is 82.2 cm³/mol. The van der Waals surface area contributed by atoms with Crippen LogP contribution in [0.5, 0.6) is 11.5 Å². The van der Waals surface area contributed by atoms with E-state index in [0.717, 1.165) is 18.4 Å². The van der Waals surface area contributed by atoms with Gasteiger partial charge in [0.1, 0.15) is 0 Å². The van der Waals surface area contributed by atoms with Crippen molar-refractivity contribution >= 4 is 10.0 Å². The second kappa shape index (κ2) is 5.85. The molecular formula is C15H23NO4S. The number of hydrogen-bond donors (Lipinski definition) is 0. The number of rotatable bonds is 7. The molecule has 21 heavy (non-hydrogen) atoms. The van der Waals surface area contributed by atoms with Gasteiger partial charge >= 0.3 is 0 Å². The van der Waals surface area contributed by atoms with E-state index >= 15 is 0 Å². The molecule has 1 aliphatic rings. The van der Waals surface area contributed by atoms with Gasteiger partial charge in [0, 0.05) is 13.1 Å². The van der Waals surface area contributed by atoms with Crippen molar-refractivity contribution in [2.75, 3.05) is 20.8 Å². The van der Waals surface area contributed by atoms with Crippen molar-refractivity contribution in [2.24, 2.45) is 0 Å². The summed E-state index contributed by atoms with van der Waals surface area (Å²) >= 11 is 0. The highest BCUT2D eigenvalue weighted by Crippen LogP contribution is 2.44. The first-order valence-electron chi connectivity index (χ1n) is 7.08. The summed E-state index contributed by atoms with van der Waals surface area (Å²) in [4.78, 5) is 0. The first kappa shape index (κ1) is 16.1. The zero-order chi connectivity index (χ0) is 15.7. The first-order chi connectivity index (χ1) is 9.87. The SMILES string of the molecule is CCN(Cc1ccc(OC)c(OC)c1)S(=O)(=O)C1(C)CC1. The van der Waals surface area contributed by atoms with Crippen molar-refractivity contribution in [2.45, 2.75) is 38.0 Å². The fourth-order valence-electron chi connectivity index (χ4n) is 2.30. The molecule has 0 amide bonds. The van der Waals surface area contributed by atoms with E-state index in [-0.39, 0.29) is 0 Å². The van der Waals surface area contributed by atoms with Gasteiger partial charge < -0.3 is 9.47 Å². The van der Waals surface area contributed by atoms with E-state index < -0.39 is 14.8 Å². The topological polar surface area (TPSA) is 55.8 Å². The van der Waals surface area contributed by atoms with Crippen LogP contribution in [0.25, 0.3) is 0 Å². The highest BCUT2D eigenvalue weighted by molar-refractivity contribution is 7.90. The molecule has 0 aliphatic heterocycles. The molecule has 1 saturated carbocycles. The molecular weight excluding hydrogens is 290 g/mol. The van der Waals surface area contributed by atoms with Gasteiger partial charge in [-0.1, -0.05) is 13.0 Å². The summed E-state index contributed by atoms with van der Waals surface area (Å²) in [5.41, 5.74) is 0.891. The van der Waals surface area contributed by atoms with Crippen LogP contribution >= 0.6 is 0 Å². The Labute approximate surface area is 126 Å². The first-order valence-corrected chi connectivity index (χ1v) is 8.52. The van der Waals surface area contributed by atoms with Crippen LogP contribution in [0.4, 0.5) is 0 Å². The smallest absolute Gasteiger partial charge is 0.219 e. The van der Waals surface area contributed by atoms with Gasteiger partial charge in [-0.25, -0.2) is 8.42 Å². The van der Waals surface area contributed by atoms with E-state index in [0.29, 0.717) is 24.6 Å². The van der Waals surface area contributed by atoms with Crippen LogP contribution in [0.1, 0.15) is 32.3 Å². The molecule has 1 fully saturated rings. The average Bonchev–Trinajstić information content (AvgIpc) is 3.23. The maximum absolute atomic E-state index is 12.6. The third-order valence-corrected chi connectivity index (χ3v) is 6.80. The lowest BCUT2D eigenvalue weighted by Gasteiger charge is -2.24. The summed E-state index contributed by atoms with van der Waals surface area (Å²) in [5.74, 6) is 1.25. The molecule has 6 heteroatoms. The Hall–Kier alpha value is -1.27. The summed E-state index contributed by atoms with van der Waals surface area (Å²) in [6, 6.07) is 5.49. The van der Waals surface area contributed by atoms with Crippen LogP contribution in [0.15, 0.2) is 18.2 Å². The molecule has 2 rings (SSSR count). The van der Waals surface area contributed by atoms with Gasteiger partial charge in [-0.3, -0.25) is 0 Å². The minimum atomic E-state index is -3.25. The van der Waals surface area contributed by atoms with E-state index in [1.165, 1.54) is 0 Å². The third kappa shape index (κ3) is 3.01. The van der Waals surface area contributed by atoms with E-state index in [4.69, 9.17) is 9.47 Å². The Bertz CT molecular complexity index is 608. The molecule has 0 radical (unpaired) electrons. The second-order valence-electron chi connectivity index (χ2n) is 5.57. The number of ether oxygens (including phenoxy) is 2. The maximum Gasteiger partial charge on any atom is 0.219 e. The van der Waals surface area contributed by atoms with Crippen molar-refractivity contribution in [1.82, 2.24) is 4.31 Å². The quantitative estimate of drug-likeness (QED) is 0.775. The van der Waals surface area contributed by atoms with Gasteiger partial charge in [-0.05, 0) is 37.5 Å². The van der Waals surface area contributed by atoms with Crippen LogP contribution in [0.3, 0.4) is 0 Å². The lowest BCUT2D eigenvalue weighted by Crippen LogP contribution is -2.38. The number of hydrogen-bond acceptors (Lipinski definition) is 4. The molecule has 1 aromatic rings. The molecule has 118 valence electrons. The standard InChI is InChI=1S/C15H23NO4S/c1-5-16(21(17,18)15(2)8-9-15)11-12-6-7-13(19-3)14(10-12)20-4/h6-7,10H,5,8-9,11H2,1-4H3. The van der Waals surface area contributed by atoms with E-state index in [1.807, 2.05) is 26.0 Å². The van der Waals surface area contributed by atoms with Crippen LogP contribution in [-0.4, -0.2) is 38.2 Å². The Morgan fingerprint density at radius 2 is 1.81 bits per heavy atom.